The molecule has 0 saturated carbocycles. The van der Waals surface area contributed by atoms with Crippen molar-refractivity contribution in [3.8, 4) is 0 Å². The number of amides is 2. The molecule has 2 saturated heterocycles. The maximum absolute atomic E-state index is 11.8. The fourth-order valence-electron chi connectivity index (χ4n) is 2.43. The highest BCUT2D eigenvalue weighted by atomic mass is 16.2. The van der Waals surface area contributed by atoms with E-state index in [-0.39, 0.29) is 12.1 Å². The molecule has 0 aromatic heterocycles. The summed E-state index contributed by atoms with van der Waals surface area (Å²) in [5.74, 6) is 0.688. The molecular formula is C10H19N3O. The van der Waals surface area contributed by atoms with Crippen molar-refractivity contribution < 1.29 is 4.79 Å². The normalized spacial score (nSPS) is 30.9. The number of nitrogens with zero attached hydrogens (tertiary/aromatic N) is 1. The van der Waals surface area contributed by atoms with E-state index < -0.39 is 0 Å². The summed E-state index contributed by atoms with van der Waals surface area (Å²) in [5.41, 5.74) is 0. The van der Waals surface area contributed by atoms with Gasteiger partial charge in [-0.1, -0.05) is 0 Å². The lowest BCUT2D eigenvalue weighted by molar-refractivity contribution is 0.190. The first-order valence-electron chi connectivity index (χ1n) is 5.46. The molecule has 0 unspecified atom stereocenters. The van der Waals surface area contributed by atoms with Crippen molar-refractivity contribution in [3.05, 3.63) is 0 Å². The van der Waals surface area contributed by atoms with Crippen molar-refractivity contribution in [2.24, 2.45) is 5.92 Å². The van der Waals surface area contributed by atoms with E-state index >= 15 is 0 Å². The van der Waals surface area contributed by atoms with Crippen molar-refractivity contribution in [2.45, 2.75) is 32.4 Å². The van der Waals surface area contributed by atoms with Gasteiger partial charge in [-0.2, -0.15) is 0 Å². The number of hydrogen-bond acceptors (Lipinski definition) is 2. The van der Waals surface area contributed by atoms with Gasteiger partial charge in [-0.25, -0.2) is 4.79 Å². The molecular weight excluding hydrogens is 178 g/mol. The lowest BCUT2D eigenvalue weighted by atomic mass is 10.1. The topological polar surface area (TPSA) is 44.4 Å². The van der Waals surface area contributed by atoms with E-state index in [9.17, 15) is 4.79 Å². The molecule has 2 N–H and O–H groups in total. The summed E-state index contributed by atoms with van der Waals surface area (Å²) in [5, 5.41) is 6.30. The second-order valence-electron chi connectivity index (χ2n) is 4.57. The van der Waals surface area contributed by atoms with E-state index in [1.54, 1.807) is 0 Å². The van der Waals surface area contributed by atoms with Crippen LogP contribution in [0.5, 0.6) is 0 Å². The van der Waals surface area contributed by atoms with Gasteiger partial charge in [-0.3, -0.25) is 0 Å². The number of hydrogen-bond donors (Lipinski definition) is 2. The van der Waals surface area contributed by atoms with Gasteiger partial charge in [0, 0.05) is 31.7 Å². The molecule has 80 valence electrons. The minimum Gasteiger partial charge on any atom is -0.336 e. The minimum absolute atomic E-state index is 0.108. The smallest absolute Gasteiger partial charge is 0.317 e. The second-order valence-corrected chi connectivity index (χ2v) is 4.57. The zero-order valence-electron chi connectivity index (χ0n) is 8.92. The van der Waals surface area contributed by atoms with Crippen LogP contribution in [0.15, 0.2) is 0 Å². The number of rotatable bonds is 1. The fourth-order valence-corrected chi connectivity index (χ4v) is 2.43. The molecule has 2 atom stereocenters. The Balaban J connectivity index is 1.94. The van der Waals surface area contributed by atoms with Gasteiger partial charge in [-0.05, 0) is 26.2 Å². The first-order valence-corrected chi connectivity index (χ1v) is 5.46. The van der Waals surface area contributed by atoms with E-state index in [0.29, 0.717) is 12.0 Å². The van der Waals surface area contributed by atoms with Gasteiger partial charge in [0.25, 0.3) is 0 Å². The van der Waals surface area contributed by atoms with Gasteiger partial charge in [0.15, 0.2) is 0 Å². The summed E-state index contributed by atoms with van der Waals surface area (Å²) >= 11 is 0. The first kappa shape index (κ1) is 9.77. The summed E-state index contributed by atoms with van der Waals surface area (Å²) < 4.78 is 0. The number of carbonyl (C=O) groups is 1. The summed E-state index contributed by atoms with van der Waals surface area (Å²) in [6.07, 6.45) is 1.16. The van der Waals surface area contributed by atoms with Gasteiger partial charge in [0.05, 0.1) is 0 Å². The predicted octanol–water partition coefficient (Wildman–Crippen LogP) is 0.398. The lowest BCUT2D eigenvalue weighted by Gasteiger charge is -2.24. The van der Waals surface area contributed by atoms with Crippen LogP contribution in [0.25, 0.3) is 0 Å². The van der Waals surface area contributed by atoms with E-state index in [4.69, 9.17) is 0 Å². The molecule has 2 aliphatic heterocycles. The zero-order valence-corrected chi connectivity index (χ0v) is 8.92. The second kappa shape index (κ2) is 3.77. The SMILES string of the molecule is CC(C)NC(=O)N1CC[C@@H]2CNC[C@@H]21. The molecule has 2 fully saturated rings. The maximum Gasteiger partial charge on any atom is 0.317 e. The first-order chi connectivity index (χ1) is 6.68. The van der Waals surface area contributed by atoms with Crippen molar-refractivity contribution in [1.82, 2.24) is 15.5 Å². The molecule has 0 spiro atoms. The van der Waals surface area contributed by atoms with Crippen molar-refractivity contribution in [3.63, 3.8) is 0 Å². The van der Waals surface area contributed by atoms with Crippen LogP contribution in [0.2, 0.25) is 0 Å². The quantitative estimate of drug-likeness (QED) is 0.639. The summed E-state index contributed by atoms with van der Waals surface area (Å²) in [6, 6.07) is 0.779. The van der Waals surface area contributed by atoms with Gasteiger partial charge in [0.2, 0.25) is 0 Å². The lowest BCUT2D eigenvalue weighted by Crippen LogP contribution is -2.47. The highest BCUT2D eigenvalue weighted by Crippen LogP contribution is 2.26. The Bertz CT molecular complexity index is 229. The number of carbonyl (C=O) groups excluding carboxylic acids is 1. The van der Waals surface area contributed by atoms with Crippen molar-refractivity contribution >= 4 is 6.03 Å². The minimum atomic E-state index is 0.108. The molecule has 4 nitrogen and oxygen atoms in total. The van der Waals surface area contributed by atoms with Crippen LogP contribution in [0.1, 0.15) is 20.3 Å². The largest absolute Gasteiger partial charge is 0.336 e. The van der Waals surface area contributed by atoms with E-state index in [0.717, 1.165) is 26.1 Å². The zero-order chi connectivity index (χ0) is 10.1. The molecule has 2 heterocycles. The Kier molecular flexibility index (Phi) is 2.63. The van der Waals surface area contributed by atoms with E-state index in [2.05, 4.69) is 10.6 Å². The van der Waals surface area contributed by atoms with Crippen molar-refractivity contribution in [1.29, 1.82) is 0 Å². The number of likely N-dealkylation sites (tertiary alicyclic amines) is 1. The molecule has 2 rings (SSSR count). The number of urea groups is 1. The molecule has 0 aliphatic carbocycles. The van der Waals surface area contributed by atoms with Crippen LogP contribution in [0.4, 0.5) is 4.79 Å². The maximum atomic E-state index is 11.8. The summed E-state index contributed by atoms with van der Waals surface area (Å²) in [4.78, 5) is 13.8. The Morgan fingerprint density at radius 3 is 3.00 bits per heavy atom. The summed E-state index contributed by atoms with van der Waals surface area (Å²) in [6.45, 7) is 6.97. The highest BCUT2D eigenvalue weighted by molar-refractivity contribution is 5.75. The van der Waals surface area contributed by atoms with Crippen LogP contribution in [-0.2, 0) is 0 Å². The Hall–Kier alpha value is -0.770. The molecule has 0 radical (unpaired) electrons. The standard InChI is InChI=1S/C10H19N3O/c1-7(2)12-10(14)13-4-3-8-5-11-6-9(8)13/h7-9,11H,3-6H2,1-2H3,(H,12,14)/t8-,9+/m1/s1. The van der Waals surface area contributed by atoms with Gasteiger partial charge >= 0.3 is 6.03 Å². The van der Waals surface area contributed by atoms with Gasteiger partial charge < -0.3 is 15.5 Å². The Labute approximate surface area is 85.0 Å². The van der Waals surface area contributed by atoms with Crippen LogP contribution < -0.4 is 10.6 Å². The Morgan fingerprint density at radius 2 is 2.29 bits per heavy atom. The molecule has 2 aliphatic rings. The average Bonchev–Trinajstić information content (AvgIpc) is 2.59. The van der Waals surface area contributed by atoms with E-state index in [1.807, 2.05) is 18.7 Å². The number of nitrogens with one attached hydrogen (secondary N) is 2. The summed E-state index contributed by atoms with van der Waals surface area (Å²) in [7, 11) is 0. The molecule has 0 bridgehead atoms. The third-order valence-corrected chi connectivity index (χ3v) is 3.12. The molecule has 0 aromatic rings. The van der Waals surface area contributed by atoms with Crippen LogP contribution in [0, 0.1) is 5.92 Å². The van der Waals surface area contributed by atoms with Crippen molar-refractivity contribution in [2.75, 3.05) is 19.6 Å². The van der Waals surface area contributed by atoms with Crippen LogP contribution >= 0.6 is 0 Å². The molecule has 0 aromatic carbocycles. The molecule has 2 amide bonds. The van der Waals surface area contributed by atoms with E-state index in [1.165, 1.54) is 0 Å². The predicted molar refractivity (Wildman–Crippen MR) is 55.1 cm³/mol. The average molecular weight is 197 g/mol. The van der Waals surface area contributed by atoms with Gasteiger partial charge in [0.1, 0.15) is 0 Å². The highest BCUT2D eigenvalue weighted by Gasteiger charge is 2.39. The third kappa shape index (κ3) is 1.71. The van der Waals surface area contributed by atoms with Crippen LogP contribution in [-0.4, -0.2) is 42.6 Å². The van der Waals surface area contributed by atoms with Crippen LogP contribution in [0.3, 0.4) is 0 Å². The molecule has 14 heavy (non-hydrogen) atoms. The molecule has 4 heteroatoms. The Morgan fingerprint density at radius 1 is 1.50 bits per heavy atom. The third-order valence-electron chi connectivity index (χ3n) is 3.12. The van der Waals surface area contributed by atoms with Gasteiger partial charge in [-0.15, -0.1) is 0 Å². The number of fused-ring (bicyclic) bond motifs is 1. The fraction of sp³-hybridized carbons (Fsp3) is 0.900. The monoisotopic (exact) mass is 197 g/mol.